The first kappa shape index (κ1) is 17.7. The second kappa shape index (κ2) is 8.31. The summed E-state index contributed by atoms with van der Waals surface area (Å²) in [5.41, 5.74) is 1.72. The molecule has 0 radical (unpaired) electrons. The summed E-state index contributed by atoms with van der Waals surface area (Å²) in [7, 11) is 2.11. The van der Waals surface area contributed by atoms with Crippen molar-refractivity contribution in [1.82, 2.24) is 9.27 Å². The SMILES string of the molecule is CCOC(=O)c1c(N2CCN(C)CC2)nsc1NCc1ccccc1. The van der Waals surface area contributed by atoms with Crippen molar-refractivity contribution >= 4 is 28.3 Å². The molecule has 134 valence electrons. The van der Waals surface area contributed by atoms with Gasteiger partial charge in [0.2, 0.25) is 0 Å². The average Bonchev–Trinajstić information content (AvgIpc) is 3.06. The molecule has 0 saturated carbocycles. The molecule has 1 aromatic heterocycles. The van der Waals surface area contributed by atoms with E-state index in [9.17, 15) is 4.79 Å². The molecule has 3 rings (SSSR count). The van der Waals surface area contributed by atoms with Gasteiger partial charge < -0.3 is 19.9 Å². The second-order valence-corrected chi connectivity index (χ2v) is 6.83. The highest BCUT2D eigenvalue weighted by Gasteiger charge is 2.27. The molecule has 25 heavy (non-hydrogen) atoms. The van der Waals surface area contributed by atoms with Crippen molar-refractivity contribution in [2.24, 2.45) is 0 Å². The molecule has 0 spiro atoms. The number of ether oxygens (including phenoxy) is 1. The van der Waals surface area contributed by atoms with Crippen LogP contribution in [0.4, 0.5) is 10.8 Å². The third kappa shape index (κ3) is 4.29. The molecule has 7 heteroatoms. The summed E-state index contributed by atoms with van der Waals surface area (Å²) in [6.07, 6.45) is 0. The predicted molar refractivity (Wildman–Crippen MR) is 102 cm³/mol. The Bertz CT molecular complexity index is 696. The van der Waals surface area contributed by atoms with E-state index in [1.54, 1.807) is 0 Å². The molecule has 1 aliphatic heterocycles. The van der Waals surface area contributed by atoms with Gasteiger partial charge in [0, 0.05) is 32.7 Å². The van der Waals surface area contributed by atoms with E-state index in [0.717, 1.165) is 42.6 Å². The van der Waals surface area contributed by atoms with Crippen LogP contribution in [-0.4, -0.2) is 55.1 Å². The lowest BCUT2D eigenvalue weighted by Gasteiger charge is -2.32. The Morgan fingerprint density at radius 3 is 2.64 bits per heavy atom. The van der Waals surface area contributed by atoms with Gasteiger partial charge in [-0.15, -0.1) is 0 Å². The number of carbonyl (C=O) groups excluding carboxylic acids is 1. The Morgan fingerprint density at radius 1 is 1.24 bits per heavy atom. The molecule has 1 fully saturated rings. The Labute approximate surface area is 152 Å². The number of rotatable bonds is 6. The second-order valence-electron chi connectivity index (χ2n) is 6.06. The number of benzene rings is 1. The smallest absolute Gasteiger partial charge is 0.345 e. The first-order chi connectivity index (χ1) is 12.2. The van der Waals surface area contributed by atoms with Crippen LogP contribution in [0.25, 0.3) is 0 Å². The van der Waals surface area contributed by atoms with Crippen molar-refractivity contribution < 1.29 is 9.53 Å². The minimum atomic E-state index is -0.305. The van der Waals surface area contributed by atoms with Gasteiger partial charge in [-0.1, -0.05) is 30.3 Å². The van der Waals surface area contributed by atoms with E-state index >= 15 is 0 Å². The maximum absolute atomic E-state index is 12.5. The van der Waals surface area contributed by atoms with Crippen LogP contribution in [0.1, 0.15) is 22.8 Å². The van der Waals surface area contributed by atoms with Crippen LogP contribution in [0.2, 0.25) is 0 Å². The van der Waals surface area contributed by atoms with Gasteiger partial charge in [0.15, 0.2) is 5.82 Å². The molecule has 2 aromatic rings. The molecule has 1 aromatic carbocycles. The zero-order valence-electron chi connectivity index (χ0n) is 14.7. The van der Waals surface area contributed by atoms with Gasteiger partial charge in [-0.3, -0.25) is 0 Å². The lowest BCUT2D eigenvalue weighted by atomic mass is 10.2. The fraction of sp³-hybridized carbons (Fsp3) is 0.444. The highest BCUT2D eigenvalue weighted by molar-refractivity contribution is 7.11. The van der Waals surface area contributed by atoms with Crippen molar-refractivity contribution in [2.75, 3.05) is 50.1 Å². The molecular weight excluding hydrogens is 336 g/mol. The average molecular weight is 360 g/mol. The summed E-state index contributed by atoms with van der Waals surface area (Å²) in [6.45, 7) is 6.49. The first-order valence-electron chi connectivity index (χ1n) is 8.57. The monoisotopic (exact) mass is 360 g/mol. The number of nitrogens with one attached hydrogen (secondary N) is 1. The molecule has 2 heterocycles. The van der Waals surface area contributed by atoms with E-state index in [-0.39, 0.29) is 5.97 Å². The Balaban J connectivity index is 1.81. The molecule has 6 nitrogen and oxygen atoms in total. The van der Waals surface area contributed by atoms with Gasteiger partial charge in [0.25, 0.3) is 0 Å². The lowest BCUT2D eigenvalue weighted by molar-refractivity contribution is 0.0528. The van der Waals surface area contributed by atoms with Gasteiger partial charge in [-0.25, -0.2) is 4.79 Å². The van der Waals surface area contributed by atoms with E-state index < -0.39 is 0 Å². The highest BCUT2D eigenvalue weighted by Crippen LogP contribution is 2.33. The van der Waals surface area contributed by atoms with Gasteiger partial charge in [0.1, 0.15) is 10.6 Å². The topological polar surface area (TPSA) is 57.7 Å². The third-order valence-corrected chi connectivity index (χ3v) is 5.05. The maximum atomic E-state index is 12.5. The van der Waals surface area contributed by atoms with Crippen molar-refractivity contribution in [1.29, 1.82) is 0 Å². The van der Waals surface area contributed by atoms with E-state index in [0.29, 0.717) is 18.7 Å². The molecule has 0 amide bonds. The van der Waals surface area contributed by atoms with Crippen molar-refractivity contribution in [3.05, 3.63) is 41.5 Å². The zero-order valence-corrected chi connectivity index (χ0v) is 15.5. The van der Waals surface area contributed by atoms with Crippen LogP contribution in [0, 0.1) is 0 Å². The van der Waals surface area contributed by atoms with Crippen molar-refractivity contribution in [3.63, 3.8) is 0 Å². The first-order valence-corrected chi connectivity index (χ1v) is 9.34. The molecule has 0 bridgehead atoms. The number of likely N-dealkylation sites (N-methyl/N-ethyl adjacent to an activating group) is 1. The lowest BCUT2D eigenvalue weighted by Crippen LogP contribution is -2.45. The standard InChI is InChI=1S/C18H24N4O2S/c1-3-24-18(23)15-16(22-11-9-21(2)10-12-22)20-25-17(15)19-13-14-7-5-4-6-8-14/h4-8,19H,3,9-13H2,1-2H3. The largest absolute Gasteiger partial charge is 0.462 e. The number of piperazine rings is 1. The van der Waals surface area contributed by atoms with Crippen molar-refractivity contribution in [3.8, 4) is 0 Å². The van der Waals surface area contributed by atoms with Gasteiger partial charge in [0.05, 0.1) is 6.61 Å². The van der Waals surface area contributed by atoms with Gasteiger partial charge in [-0.05, 0) is 31.1 Å². The van der Waals surface area contributed by atoms with E-state index in [4.69, 9.17) is 4.74 Å². The minimum absolute atomic E-state index is 0.305. The summed E-state index contributed by atoms with van der Waals surface area (Å²) < 4.78 is 9.85. The minimum Gasteiger partial charge on any atom is -0.462 e. The van der Waals surface area contributed by atoms with Crippen LogP contribution in [0.5, 0.6) is 0 Å². The van der Waals surface area contributed by atoms with Gasteiger partial charge >= 0.3 is 5.97 Å². The molecule has 1 saturated heterocycles. The fourth-order valence-corrected chi connectivity index (χ4v) is 3.59. The number of anilines is 2. The summed E-state index contributed by atoms with van der Waals surface area (Å²) in [4.78, 5) is 17.0. The van der Waals surface area contributed by atoms with Crippen LogP contribution in [0.3, 0.4) is 0 Å². The van der Waals surface area contributed by atoms with E-state index in [2.05, 4.69) is 38.7 Å². The fourth-order valence-electron chi connectivity index (χ4n) is 2.80. The van der Waals surface area contributed by atoms with Gasteiger partial charge in [-0.2, -0.15) is 4.37 Å². The number of esters is 1. The number of carbonyl (C=O) groups is 1. The third-order valence-electron chi connectivity index (χ3n) is 4.25. The number of aromatic nitrogens is 1. The molecular formula is C18H24N4O2S. The predicted octanol–water partition coefficient (Wildman–Crippen LogP) is 2.68. The molecule has 1 aliphatic rings. The van der Waals surface area contributed by atoms with E-state index in [1.165, 1.54) is 11.5 Å². The molecule has 0 aliphatic carbocycles. The maximum Gasteiger partial charge on any atom is 0.345 e. The molecule has 0 atom stereocenters. The van der Waals surface area contributed by atoms with Crippen LogP contribution in [-0.2, 0) is 11.3 Å². The molecule has 0 unspecified atom stereocenters. The highest BCUT2D eigenvalue weighted by atomic mass is 32.1. The Morgan fingerprint density at radius 2 is 1.96 bits per heavy atom. The summed E-state index contributed by atoms with van der Waals surface area (Å²) >= 11 is 1.33. The van der Waals surface area contributed by atoms with Crippen molar-refractivity contribution in [2.45, 2.75) is 13.5 Å². The summed E-state index contributed by atoms with van der Waals surface area (Å²) in [6, 6.07) is 10.1. The quantitative estimate of drug-likeness (QED) is 0.800. The number of nitrogens with zero attached hydrogens (tertiary/aromatic N) is 3. The van der Waals surface area contributed by atoms with Crippen LogP contribution in [0.15, 0.2) is 30.3 Å². The van der Waals surface area contributed by atoms with Crippen LogP contribution < -0.4 is 10.2 Å². The number of hydrogen-bond acceptors (Lipinski definition) is 7. The van der Waals surface area contributed by atoms with E-state index in [1.807, 2.05) is 25.1 Å². The summed E-state index contributed by atoms with van der Waals surface area (Å²) in [5.74, 6) is 0.438. The molecule has 1 N–H and O–H groups in total. The summed E-state index contributed by atoms with van der Waals surface area (Å²) in [5, 5.41) is 4.13. The normalized spacial score (nSPS) is 15.2. The Kier molecular flexibility index (Phi) is 5.88. The number of hydrogen-bond donors (Lipinski definition) is 1. The van der Waals surface area contributed by atoms with Crippen LogP contribution >= 0.6 is 11.5 Å². The zero-order chi connectivity index (χ0) is 17.6. The Hall–Kier alpha value is -2.12.